The Balaban J connectivity index is 1.36. The lowest BCUT2D eigenvalue weighted by molar-refractivity contribution is 0.389. The number of allylic oxidation sites excluding steroid dienone is 1. The van der Waals surface area contributed by atoms with Crippen molar-refractivity contribution >= 4 is 28.7 Å². The molecule has 1 aromatic heterocycles. The molecule has 0 fully saturated rings. The van der Waals surface area contributed by atoms with Crippen LogP contribution in [-0.2, 0) is 19.3 Å². The average molecular weight is 422 g/mol. The van der Waals surface area contributed by atoms with Crippen LogP contribution in [0.1, 0.15) is 33.6 Å². The van der Waals surface area contributed by atoms with Crippen molar-refractivity contribution in [3.05, 3.63) is 99.9 Å². The summed E-state index contributed by atoms with van der Waals surface area (Å²) < 4.78 is 0. The molecule has 0 aliphatic heterocycles. The van der Waals surface area contributed by atoms with Crippen LogP contribution in [0.3, 0.4) is 0 Å². The number of fused-ring (bicyclic) bond motifs is 5. The van der Waals surface area contributed by atoms with Gasteiger partial charge in [-0.2, -0.15) is 0 Å². The fraction of sp³-hybridized carbons (Fsp3) is 0.143. The molecule has 0 radical (unpaired) electrons. The highest BCUT2D eigenvalue weighted by molar-refractivity contribution is 7.16. The average Bonchev–Trinajstić information content (AvgIpc) is 3.34. The minimum absolute atomic E-state index is 0.713. The van der Waals surface area contributed by atoms with Gasteiger partial charge < -0.3 is 0 Å². The Morgan fingerprint density at radius 1 is 0.710 bits per heavy atom. The lowest BCUT2D eigenvalue weighted by Crippen LogP contribution is -2.10. The van der Waals surface area contributed by atoms with Crippen molar-refractivity contribution < 1.29 is 5.21 Å². The third kappa shape index (κ3) is 3.21. The van der Waals surface area contributed by atoms with Crippen LogP contribution in [0.4, 0.5) is 5.69 Å². The summed E-state index contributed by atoms with van der Waals surface area (Å²) in [5.74, 6) is 0. The van der Waals surface area contributed by atoms with E-state index >= 15 is 0 Å². The van der Waals surface area contributed by atoms with Gasteiger partial charge in [0.1, 0.15) is 0 Å². The lowest BCUT2D eigenvalue weighted by atomic mass is 9.78. The predicted molar refractivity (Wildman–Crippen MR) is 131 cm³/mol. The zero-order chi connectivity index (χ0) is 20.8. The summed E-state index contributed by atoms with van der Waals surface area (Å²) in [6.07, 6.45) is 6.90. The summed E-state index contributed by atoms with van der Waals surface area (Å²) in [5, 5.41) is 9.19. The molecule has 0 amide bonds. The van der Waals surface area contributed by atoms with E-state index in [9.17, 15) is 5.21 Å². The number of hydrogen-bond acceptors (Lipinski definition) is 3. The zero-order valence-electron chi connectivity index (χ0n) is 17.2. The third-order valence-electron chi connectivity index (χ3n) is 6.59. The molecule has 2 aliphatic carbocycles. The van der Waals surface area contributed by atoms with Gasteiger partial charge in [0.15, 0.2) is 0 Å². The van der Waals surface area contributed by atoms with Gasteiger partial charge in [-0.15, -0.1) is 11.3 Å². The Labute approximate surface area is 186 Å². The first-order chi connectivity index (χ1) is 15.3. The minimum atomic E-state index is 0.713. The minimum Gasteiger partial charge on any atom is -0.291 e. The van der Waals surface area contributed by atoms with E-state index in [0.717, 1.165) is 31.2 Å². The van der Waals surface area contributed by atoms with E-state index in [1.807, 2.05) is 29.5 Å². The van der Waals surface area contributed by atoms with Crippen molar-refractivity contribution in [1.29, 1.82) is 0 Å². The monoisotopic (exact) mass is 421 g/mol. The first kappa shape index (κ1) is 18.6. The van der Waals surface area contributed by atoms with E-state index < -0.39 is 0 Å². The summed E-state index contributed by atoms with van der Waals surface area (Å²) >= 11 is 1.83. The summed E-state index contributed by atoms with van der Waals surface area (Å²) in [6.45, 7) is 0. The van der Waals surface area contributed by atoms with Gasteiger partial charge in [0.25, 0.3) is 0 Å². The lowest BCUT2D eigenvalue weighted by Gasteiger charge is -2.26. The highest BCUT2D eigenvalue weighted by Crippen LogP contribution is 2.42. The normalized spacial score (nSPS) is 14.3. The van der Waals surface area contributed by atoms with Gasteiger partial charge in [-0.1, -0.05) is 54.6 Å². The molecule has 2 aliphatic rings. The Kier molecular flexibility index (Phi) is 4.52. The van der Waals surface area contributed by atoms with Crippen LogP contribution in [0.15, 0.2) is 72.8 Å². The summed E-state index contributed by atoms with van der Waals surface area (Å²) in [5.41, 5.74) is 14.3. The SMILES string of the molecule is ONc1cccc(-c2ccc(C3=Cc4ccc5c(c4CC3)CCc3ccccc3-5)s2)c1. The molecule has 3 heteroatoms. The Morgan fingerprint density at radius 3 is 2.52 bits per heavy atom. The standard InChI is InChI=1S/C28H23NOS/c30-29-22-6-3-5-20(17-22)27-14-15-28(31-27)21-10-11-24-19(16-21)9-13-25-23-7-2-1-4-18(23)8-12-26(24)25/h1-7,9,13-17,29-30H,8,10-12H2. The number of benzene rings is 3. The van der Waals surface area contributed by atoms with E-state index in [1.165, 1.54) is 37.6 Å². The molecule has 3 aromatic carbocycles. The summed E-state index contributed by atoms with van der Waals surface area (Å²) in [7, 11) is 0. The van der Waals surface area contributed by atoms with E-state index in [1.54, 1.807) is 11.1 Å². The highest BCUT2D eigenvalue weighted by Gasteiger charge is 2.22. The van der Waals surface area contributed by atoms with Crippen molar-refractivity contribution in [3.63, 3.8) is 0 Å². The van der Waals surface area contributed by atoms with Gasteiger partial charge in [0.2, 0.25) is 0 Å². The largest absolute Gasteiger partial charge is 0.291 e. The van der Waals surface area contributed by atoms with Crippen molar-refractivity contribution in [2.24, 2.45) is 0 Å². The van der Waals surface area contributed by atoms with Crippen molar-refractivity contribution in [2.75, 3.05) is 5.48 Å². The predicted octanol–water partition coefficient (Wildman–Crippen LogP) is 7.47. The molecule has 152 valence electrons. The molecule has 0 bridgehead atoms. The van der Waals surface area contributed by atoms with Crippen LogP contribution in [-0.4, -0.2) is 5.21 Å². The van der Waals surface area contributed by atoms with Crippen molar-refractivity contribution in [2.45, 2.75) is 25.7 Å². The molecule has 0 saturated heterocycles. The molecular weight excluding hydrogens is 398 g/mol. The van der Waals surface area contributed by atoms with E-state index in [2.05, 4.69) is 66.2 Å². The fourth-order valence-electron chi connectivity index (χ4n) is 5.06. The first-order valence-electron chi connectivity index (χ1n) is 10.8. The van der Waals surface area contributed by atoms with Gasteiger partial charge in [0.05, 0.1) is 5.69 Å². The maximum absolute atomic E-state index is 9.19. The van der Waals surface area contributed by atoms with Gasteiger partial charge in [-0.25, -0.2) is 0 Å². The van der Waals surface area contributed by atoms with Crippen molar-refractivity contribution in [1.82, 2.24) is 0 Å². The maximum Gasteiger partial charge on any atom is 0.0608 e. The molecule has 2 nitrogen and oxygen atoms in total. The van der Waals surface area contributed by atoms with E-state index in [-0.39, 0.29) is 0 Å². The van der Waals surface area contributed by atoms with E-state index in [0.29, 0.717) is 5.69 Å². The first-order valence-corrected chi connectivity index (χ1v) is 11.7. The molecule has 0 saturated carbocycles. The fourth-order valence-corrected chi connectivity index (χ4v) is 6.11. The van der Waals surface area contributed by atoms with Crippen LogP contribution < -0.4 is 5.48 Å². The van der Waals surface area contributed by atoms with Crippen LogP contribution in [0.25, 0.3) is 33.2 Å². The van der Waals surface area contributed by atoms with Crippen LogP contribution in [0.5, 0.6) is 0 Å². The number of thiophene rings is 1. The molecule has 2 N–H and O–H groups in total. The number of anilines is 1. The Bertz CT molecular complexity index is 1330. The molecule has 4 aromatic rings. The van der Waals surface area contributed by atoms with Gasteiger partial charge in [-0.05, 0) is 94.5 Å². The molecular formula is C28H23NOS. The number of aryl methyl sites for hydroxylation is 1. The Hall–Kier alpha value is -3.14. The van der Waals surface area contributed by atoms with Gasteiger partial charge in [-0.3, -0.25) is 10.7 Å². The molecule has 6 rings (SSSR count). The number of nitrogens with one attached hydrogen (secondary N) is 1. The molecule has 0 atom stereocenters. The highest BCUT2D eigenvalue weighted by atomic mass is 32.1. The van der Waals surface area contributed by atoms with Gasteiger partial charge in [0, 0.05) is 9.75 Å². The maximum atomic E-state index is 9.19. The zero-order valence-corrected chi connectivity index (χ0v) is 18.0. The number of rotatable bonds is 3. The van der Waals surface area contributed by atoms with Crippen LogP contribution >= 0.6 is 11.3 Å². The van der Waals surface area contributed by atoms with Crippen LogP contribution in [0, 0.1) is 0 Å². The van der Waals surface area contributed by atoms with Crippen LogP contribution in [0.2, 0.25) is 0 Å². The summed E-state index contributed by atoms with van der Waals surface area (Å²) in [4.78, 5) is 2.56. The quantitative estimate of drug-likeness (QED) is 0.336. The third-order valence-corrected chi connectivity index (χ3v) is 7.80. The topological polar surface area (TPSA) is 32.3 Å². The van der Waals surface area contributed by atoms with Gasteiger partial charge >= 0.3 is 0 Å². The molecule has 1 heterocycles. The summed E-state index contributed by atoms with van der Waals surface area (Å²) in [6, 6.07) is 25.8. The van der Waals surface area contributed by atoms with Crippen molar-refractivity contribution in [3.8, 4) is 21.6 Å². The molecule has 31 heavy (non-hydrogen) atoms. The number of hydrogen-bond donors (Lipinski definition) is 2. The smallest absolute Gasteiger partial charge is 0.0608 e. The van der Waals surface area contributed by atoms with E-state index in [4.69, 9.17) is 0 Å². The Morgan fingerprint density at radius 2 is 1.58 bits per heavy atom. The second kappa shape index (κ2) is 7.52. The second-order valence-electron chi connectivity index (χ2n) is 8.34. The molecule has 0 unspecified atom stereocenters. The second-order valence-corrected chi connectivity index (χ2v) is 9.43. The molecule has 0 spiro atoms.